The van der Waals surface area contributed by atoms with Gasteiger partial charge in [-0.2, -0.15) is 0 Å². The maximum absolute atomic E-state index is 12.4. The van der Waals surface area contributed by atoms with E-state index < -0.39 is 0 Å². The monoisotopic (exact) mass is 474 g/mol. The van der Waals surface area contributed by atoms with Gasteiger partial charge in [0.1, 0.15) is 0 Å². The van der Waals surface area contributed by atoms with Crippen LogP contribution in [-0.2, 0) is 19.1 Å². The summed E-state index contributed by atoms with van der Waals surface area (Å²) >= 11 is 0. The van der Waals surface area contributed by atoms with E-state index in [9.17, 15) is 9.59 Å². The van der Waals surface area contributed by atoms with Crippen LogP contribution in [-0.4, -0.2) is 26.2 Å². The molecule has 0 spiro atoms. The van der Waals surface area contributed by atoms with Crippen LogP contribution in [0.5, 0.6) is 0 Å². The van der Waals surface area contributed by atoms with Crippen molar-refractivity contribution in [2.24, 2.45) is 5.92 Å². The first-order valence-corrected chi connectivity index (χ1v) is 12.6. The molecule has 0 radical (unpaired) electrons. The summed E-state index contributed by atoms with van der Waals surface area (Å²) in [5, 5.41) is 0. The minimum absolute atomic E-state index is 0.0979. The van der Waals surface area contributed by atoms with Crippen molar-refractivity contribution < 1.29 is 19.1 Å². The molecule has 1 fully saturated rings. The van der Waals surface area contributed by atoms with Gasteiger partial charge in [0.2, 0.25) is 0 Å². The van der Waals surface area contributed by atoms with Gasteiger partial charge in [-0.25, -0.2) is 4.79 Å². The van der Waals surface area contributed by atoms with Crippen LogP contribution in [0, 0.1) is 5.92 Å². The lowest BCUT2D eigenvalue weighted by Gasteiger charge is -2.28. The van der Waals surface area contributed by atoms with Crippen molar-refractivity contribution in [1.29, 1.82) is 0 Å². The summed E-state index contributed by atoms with van der Waals surface area (Å²) in [7, 11) is 2.87. The molecule has 0 aliphatic heterocycles. The van der Waals surface area contributed by atoms with Gasteiger partial charge in [0, 0.05) is 6.42 Å². The van der Waals surface area contributed by atoms with E-state index in [1.54, 1.807) is 12.2 Å². The highest BCUT2D eigenvalue weighted by Gasteiger charge is 2.24. The second kappa shape index (κ2) is 12.5. The van der Waals surface area contributed by atoms with Crippen LogP contribution in [0.15, 0.2) is 61.2 Å². The van der Waals surface area contributed by atoms with Crippen molar-refractivity contribution in [1.82, 2.24) is 0 Å². The molecule has 35 heavy (non-hydrogen) atoms. The number of esters is 2. The molecule has 0 bridgehead atoms. The van der Waals surface area contributed by atoms with Crippen LogP contribution < -0.4 is 0 Å². The van der Waals surface area contributed by atoms with E-state index in [1.165, 1.54) is 19.8 Å². The van der Waals surface area contributed by atoms with Crippen molar-refractivity contribution >= 4 is 17.5 Å². The zero-order valence-electron chi connectivity index (χ0n) is 21.5. The van der Waals surface area contributed by atoms with E-state index in [0.29, 0.717) is 29.7 Å². The van der Waals surface area contributed by atoms with Crippen molar-refractivity contribution in [3.63, 3.8) is 0 Å². The summed E-state index contributed by atoms with van der Waals surface area (Å²) in [5.41, 5.74) is 6.23. The average Bonchev–Trinajstić information content (AvgIpc) is 2.91. The standard InChI is InChI=1S/C31H38O4/c1-6-8-28(31(33)35-5)27-18-17-26(20-29(27)21(3)7-2)25-15-13-24(14-16-25)23-11-9-22(10-12-23)19-30(32)34-4/h6,8,13-18,20-23H,1,7,9-12,19H2,2-5H3. The van der Waals surface area contributed by atoms with Gasteiger partial charge < -0.3 is 9.47 Å². The highest BCUT2D eigenvalue weighted by molar-refractivity contribution is 6.17. The molecule has 1 atom stereocenters. The highest BCUT2D eigenvalue weighted by atomic mass is 16.5. The molecule has 1 aliphatic rings. The Bertz CT molecular complexity index is 1060. The Kier molecular flexibility index (Phi) is 9.47. The molecule has 3 rings (SSSR count). The molecule has 186 valence electrons. The topological polar surface area (TPSA) is 52.6 Å². The van der Waals surface area contributed by atoms with Gasteiger partial charge in [-0.1, -0.05) is 69.0 Å². The van der Waals surface area contributed by atoms with Gasteiger partial charge >= 0.3 is 11.9 Å². The maximum atomic E-state index is 12.4. The minimum atomic E-state index is -0.354. The van der Waals surface area contributed by atoms with E-state index in [-0.39, 0.29) is 11.9 Å². The van der Waals surface area contributed by atoms with Crippen LogP contribution >= 0.6 is 0 Å². The molecule has 1 aliphatic carbocycles. The summed E-state index contributed by atoms with van der Waals surface area (Å²) < 4.78 is 9.86. The Morgan fingerprint density at radius 2 is 1.66 bits per heavy atom. The molecule has 1 unspecified atom stereocenters. The fourth-order valence-corrected chi connectivity index (χ4v) is 5.08. The van der Waals surface area contributed by atoms with E-state index in [1.807, 2.05) is 6.07 Å². The van der Waals surface area contributed by atoms with Crippen LogP contribution in [0.1, 0.15) is 80.9 Å². The summed E-state index contributed by atoms with van der Waals surface area (Å²) in [4.78, 5) is 24.0. The zero-order valence-corrected chi connectivity index (χ0v) is 21.5. The molecule has 2 aromatic carbocycles. The van der Waals surface area contributed by atoms with Gasteiger partial charge in [0.05, 0.1) is 19.8 Å². The predicted octanol–water partition coefficient (Wildman–Crippen LogP) is 7.45. The number of hydrogen-bond acceptors (Lipinski definition) is 4. The molecular formula is C31H38O4. The SMILES string of the molecule is C=CC=C(C(=O)OC)c1ccc(-c2ccc(C3CCC(CC(=O)OC)CC3)cc2)cc1C(C)CC. The number of allylic oxidation sites excluding steroid dienone is 2. The second-order valence-corrected chi connectivity index (χ2v) is 9.54. The van der Waals surface area contributed by atoms with Crippen LogP contribution in [0.4, 0.5) is 0 Å². The summed E-state index contributed by atoms with van der Waals surface area (Å²) in [6, 6.07) is 15.2. The number of methoxy groups -OCH3 is 2. The average molecular weight is 475 g/mol. The van der Waals surface area contributed by atoms with Gasteiger partial charge in [-0.15, -0.1) is 0 Å². The molecule has 4 nitrogen and oxygen atoms in total. The van der Waals surface area contributed by atoms with E-state index in [0.717, 1.165) is 54.4 Å². The first kappa shape index (κ1) is 26.5. The molecule has 0 heterocycles. The number of ether oxygens (including phenoxy) is 2. The van der Waals surface area contributed by atoms with Gasteiger partial charge in [0.15, 0.2) is 0 Å². The quantitative estimate of drug-likeness (QED) is 0.215. The molecule has 2 aromatic rings. The lowest BCUT2D eigenvalue weighted by Crippen LogP contribution is -2.17. The van der Waals surface area contributed by atoms with E-state index >= 15 is 0 Å². The highest BCUT2D eigenvalue weighted by Crippen LogP contribution is 2.38. The Morgan fingerprint density at radius 3 is 2.23 bits per heavy atom. The largest absolute Gasteiger partial charge is 0.469 e. The maximum Gasteiger partial charge on any atom is 0.338 e. The fraction of sp³-hybridized carbons (Fsp3) is 0.419. The summed E-state index contributed by atoms with van der Waals surface area (Å²) in [6.45, 7) is 8.11. The first-order valence-electron chi connectivity index (χ1n) is 12.6. The molecular weight excluding hydrogens is 436 g/mol. The molecule has 0 saturated heterocycles. The van der Waals surface area contributed by atoms with Gasteiger partial charge in [-0.05, 0) is 83.8 Å². The Labute approximate surface area is 210 Å². The summed E-state index contributed by atoms with van der Waals surface area (Å²) in [6.07, 6.45) is 9.22. The number of hydrogen-bond donors (Lipinski definition) is 0. The first-order chi connectivity index (χ1) is 16.9. The smallest absolute Gasteiger partial charge is 0.338 e. The van der Waals surface area contributed by atoms with Crippen LogP contribution in [0.3, 0.4) is 0 Å². The Hall–Kier alpha value is -3.14. The number of carbonyl (C=O) groups excluding carboxylic acids is 2. The Balaban J connectivity index is 1.81. The zero-order chi connectivity index (χ0) is 25.4. The third-order valence-electron chi connectivity index (χ3n) is 7.42. The number of carbonyl (C=O) groups is 2. The van der Waals surface area contributed by atoms with E-state index in [4.69, 9.17) is 9.47 Å². The molecule has 0 N–H and O–H groups in total. The lowest BCUT2D eigenvalue weighted by molar-refractivity contribution is -0.142. The lowest BCUT2D eigenvalue weighted by atomic mass is 9.77. The fourth-order valence-electron chi connectivity index (χ4n) is 5.08. The Morgan fingerprint density at radius 1 is 1.00 bits per heavy atom. The molecule has 4 heteroatoms. The van der Waals surface area contributed by atoms with Gasteiger partial charge in [-0.3, -0.25) is 4.79 Å². The molecule has 0 aromatic heterocycles. The van der Waals surface area contributed by atoms with Crippen molar-refractivity contribution in [3.05, 3.63) is 77.9 Å². The molecule has 1 saturated carbocycles. The van der Waals surface area contributed by atoms with Gasteiger partial charge in [0.25, 0.3) is 0 Å². The second-order valence-electron chi connectivity index (χ2n) is 9.54. The normalized spacial score (nSPS) is 19.0. The third-order valence-corrected chi connectivity index (χ3v) is 7.42. The van der Waals surface area contributed by atoms with Crippen LogP contribution in [0.2, 0.25) is 0 Å². The predicted molar refractivity (Wildman–Crippen MR) is 142 cm³/mol. The van der Waals surface area contributed by atoms with Crippen LogP contribution in [0.25, 0.3) is 16.7 Å². The number of benzene rings is 2. The summed E-state index contributed by atoms with van der Waals surface area (Å²) in [5.74, 6) is 0.831. The van der Waals surface area contributed by atoms with Crippen molar-refractivity contribution in [2.75, 3.05) is 14.2 Å². The molecule has 0 amide bonds. The number of rotatable bonds is 9. The van der Waals surface area contributed by atoms with Crippen molar-refractivity contribution in [3.8, 4) is 11.1 Å². The van der Waals surface area contributed by atoms with E-state index in [2.05, 4.69) is 56.8 Å². The van der Waals surface area contributed by atoms with Crippen molar-refractivity contribution in [2.45, 2.75) is 64.2 Å². The minimum Gasteiger partial charge on any atom is -0.469 e. The third kappa shape index (κ3) is 6.50.